The van der Waals surface area contributed by atoms with Crippen LogP contribution in [0.15, 0.2) is 30.9 Å². The maximum atomic E-state index is 12.2. The van der Waals surface area contributed by atoms with Gasteiger partial charge in [-0.1, -0.05) is 6.08 Å². The molecule has 1 heterocycles. The molecule has 1 aromatic heterocycles. The highest BCUT2D eigenvalue weighted by Gasteiger charge is 2.16. The van der Waals surface area contributed by atoms with E-state index in [2.05, 4.69) is 11.9 Å². The van der Waals surface area contributed by atoms with E-state index in [1.54, 1.807) is 18.9 Å². The maximum Gasteiger partial charge on any atom is 0.263 e. The van der Waals surface area contributed by atoms with Gasteiger partial charge in [-0.2, -0.15) is 11.8 Å². The Labute approximate surface area is 132 Å². The molecule has 0 saturated heterocycles. The van der Waals surface area contributed by atoms with Crippen LogP contribution in [0, 0.1) is 0 Å². The summed E-state index contributed by atoms with van der Waals surface area (Å²) in [6.07, 6.45) is 1.85. The molecule has 2 aromatic rings. The number of ether oxygens (including phenoxy) is 1. The molecule has 0 aliphatic heterocycles. The first-order chi connectivity index (χ1) is 10.2. The van der Waals surface area contributed by atoms with Crippen molar-refractivity contribution in [2.45, 2.75) is 0 Å². The fraction of sp³-hybridized carbons (Fsp3) is 0.267. The molecule has 1 amide bonds. The van der Waals surface area contributed by atoms with Crippen LogP contribution in [0.25, 0.3) is 10.1 Å². The highest BCUT2D eigenvalue weighted by atomic mass is 32.2. The molecule has 0 spiro atoms. The van der Waals surface area contributed by atoms with Crippen LogP contribution in [0.3, 0.4) is 0 Å². The lowest BCUT2D eigenvalue weighted by atomic mass is 10.2. The molecule has 1 aromatic carbocycles. The maximum absolute atomic E-state index is 12.2. The van der Waals surface area contributed by atoms with Crippen LogP contribution in [0.5, 0.6) is 5.75 Å². The Morgan fingerprint density at radius 1 is 1.57 bits per heavy atom. The van der Waals surface area contributed by atoms with Crippen molar-refractivity contribution in [2.24, 2.45) is 0 Å². The summed E-state index contributed by atoms with van der Waals surface area (Å²) in [7, 11) is 1.62. The van der Waals surface area contributed by atoms with Crippen LogP contribution in [0.4, 0.5) is 5.69 Å². The number of anilines is 1. The highest BCUT2D eigenvalue weighted by Crippen LogP contribution is 2.35. The van der Waals surface area contributed by atoms with E-state index in [-0.39, 0.29) is 5.91 Å². The largest absolute Gasteiger partial charge is 0.497 e. The second-order valence-corrected chi connectivity index (χ2v) is 6.53. The minimum absolute atomic E-state index is 0.119. The standard InChI is InChI=1S/C15H18N2O2S2/c1-3-7-20-8-6-17-15(18)14-13(16)11-5-4-10(19-2)9-12(11)21-14/h3-5,9H,1,6-8,16H2,2H3,(H,17,18). The minimum atomic E-state index is -0.119. The molecular formula is C15H18N2O2S2. The van der Waals surface area contributed by atoms with Gasteiger partial charge in [0.25, 0.3) is 5.91 Å². The molecule has 0 saturated carbocycles. The number of fused-ring (bicyclic) bond motifs is 1. The first kappa shape index (κ1) is 15.7. The van der Waals surface area contributed by atoms with Crippen molar-refractivity contribution in [2.75, 3.05) is 30.9 Å². The fourth-order valence-corrected chi connectivity index (χ4v) is 3.52. The number of nitrogen functional groups attached to an aromatic ring is 1. The first-order valence-electron chi connectivity index (χ1n) is 6.50. The quantitative estimate of drug-likeness (QED) is 0.607. The summed E-state index contributed by atoms with van der Waals surface area (Å²) in [4.78, 5) is 12.7. The van der Waals surface area contributed by atoms with Gasteiger partial charge in [0, 0.05) is 28.1 Å². The van der Waals surface area contributed by atoms with Gasteiger partial charge < -0.3 is 15.8 Å². The molecule has 21 heavy (non-hydrogen) atoms. The number of hydrogen-bond acceptors (Lipinski definition) is 5. The van der Waals surface area contributed by atoms with Crippen molar-refractivity contribution in [3.63, 3.8) is 0 Å². The van der Waals surface area contributed by atoms with E-state index in [9.17, 15) is 4.79 Å². The molecule has 6 heteroatoms. The van der Waals surface area contributed by atoms with Gasteiger partial charge in [-0.05, 0) is 18.2 Å². The van der Waals surface area contributed by atoms with E-state index < -0.39 is 0 Å². The number of carbonyl (C=O) groups excluding carboxylic acids is 1. The van der Waals surface area contributed by atoms with E-state index in [4.69, 9.17) is 10.5 Å². The third-order valence-corrected chi connectivity index (χ3v) is 5.04. The van der Waals surface area contributed by atoms with Crippen molar-refractivity contribution >= 4 is 44.8 Å². The Hall–Kier alpha value is -1.66. The Kier molecular flexibility index (Phi) is 5.52. The van der Waals surface area contributed by atoms with Gasteiger partial charge in [-0.25, -0.2) is 0 Å². The van der Waals surface area contributed by atoms with Crippen molar-refractivity contribution in [1.29, 1.82) is 0 Å². The Balaban J connectivity index is 2.08. The summed E-state index contributed by atoms with van der Waals surface area (Å²) in [5.74, 6) is 2.39. The number of rotatable bonds is 7. The molecule has 0 fully saturated rings. The second kappa shape index (κ2) is 7.38. The number of methoxy groups -OCH3 is 1. The lowest BCUT2D eigenvalue weighted by molar-refractivity contribution is 0.0961. The van der Waals surface area contributed by atoms with Crippen LogP contribution in [-0.2, 0) is 0 Å². The Morgan fingerprint density at radius 3 is 3.10 bits per heavy atom. The number of nitrogens with two attached hydrogens (primary N) is 1. The molecule has 0 bridgehead atoms. The number of thioether (sulfide) groups is 1. The average molecular weight is 322 g/mol. The molecule has 0 atom stereocenters. The van der Waals surface area contributed by atoms with Gasteiger partial charge in [0.1, 0.15) is 10.6 Å². The summed E-state index contributed by atoms with van der Waals surface area (Å²) < 4.78 is 6.15. The van der Waals surface area contributed by atoms with Crippen molar-refractivity contribution in [3.05, 3.63) is 35.7 Å². The number of nitrogens with one attached hydrogen (secondary N) is 1. The summed E-state index contributed by atoms with van der Waals surface area (Å²) in [5.41, 5.74) is 6.61. The van der Waals surface area contributed by atoms with E-state index in [0.717, 1.165) is 27.3 Å². The van der Waals surface area contributed by atoms with E-state index in [1.165, 1.54) is 11.3 Å². The minimum Gasteiger partial charge on any atom is -0.497 e. The number of benzene rings is 1. The number of thiophene rings is 1. The van der Waals surface area contributed by atoms with Gasteiger partial charge in [0.05, 0.1) is 12.8 Å². The first-order valence-corrected chi connectivity index (χ1v) is 8.47. The molecule has 0 radical (unpaired) electrons. The lowest BCUT2D eigenvalue weighted by Gasteiger charge is -2.03. The average Bonchev–Trinajstić information content (AvgIpc) is 2.83. The molecule has 0 unspecified atom stereocenters. The highest BCUT2D eigenvalue weighted by molar-refractivity contribution is 7.99. The number of carbonyl (C=O) groups is 1. The Morgan fingerprint density at radius 2 is 2.38 bits per heavy atom. The molecule has 0 aliphatic carbocycles. The zero-order valence-electron chi connectivity index (χ0n) is 11.8. The van der Waals surface area contributed by atoms with Gasteiger partial charge >= 0.3 is 0 Å². The van der Waals surface area contributed by atoms with Crippen molar-refractivity contribution in [3.8, 4) is 5.75 Å². The lowest BCUT2D eigenvalue weighted by Crippen LogP contribution is -2.25. The predicted molar refractivity (Wildman–Crippen MR) is 92.6 cm³/mol. The van der Waals surface area contributed by atoms with E-state index in [0.29, 0.717) is 17.1 Å². The molecule has 112 valence electrons. The van der Waals surface area contributed by atoms with Gasteiger partial charge in [-0.3, -0.25) is 4.79 Å². The fourth-order valence-electron chi connectivity index (χ4n) is 1.88. The number of amides is 1. The van der Waals surface area contributed by atoms with E-state index in [1.807, 2.05) is 24.3 Å². The van der Waals surface area contributed by atoms with Gasteiger partial charge in [0.2, 0.25) is 0 Å². The normalized spacial score (nSPS) is 10.5. The second-order valence-electron chi connectivity index (χ2n) is 4.33. The van der Waals surface area contributed by atoms with Crippen molar-refractivity contribution in [1.82, 2.24) is 5.32 Å². The predicted octanol–water partition coefficient (Wildman–Crippen LogP) is 3.14. The Bertz CT molecular complexity index is 652. The van der Waals surface area contributed by atoms with Gasteiger partial charge in [-0.15, -0.1) is 17.9 Å². The molecule has 2 rings (SSSR count). The topological polar surface area (TPSA) is 64.3 Å². The van der Waals surface area contributed by atoms with Crippen molar-refractivity contribution < 1.29 is 9.53 Å². The number of hydrogen-bond donors (Lipinski definition) is 2. The third-order valence-electron chi connectivity index (χ3n) is 2.91. The summed E-state index contributed by atoms with van der Waals surface area (Å²) >= 11 is 3.12. The van der Waals surface area contributed by atoms with Crippen LogP contribution in [0.2, 0.25) is 0 Å². The zero-order valence-corrected chi connectivity index (χ0v) is 13.5. The van der Waals surface area contributed by atoms with Crippen LogP contribution in [-0.4, -0.2) is 31.1 Å². The summed E-state index contributed by atoms with van der Waals surface area (Å²) in [6.45, 7) is 4.28. The molecule has 3 N–H and O–H groups in total. The van der Waals surface area contributed by atoms with Crippen LogP contribution in [0.1, 0.15) is 9.67 Å². The summed E-state index contributed by atoms with van der Waals surface area (Å²) in [5, 5.41) is 3.79. The SMILES string of the molecule is C=CCSCCNC(=O)c1sc2cc(OC)ccc2c1N. The molecule has 0 aliphatic rings. The van der Waals surface area contributed by atoms with Crippen LogP contribution < -0.4 is 15.8 Å². The summed E-state index contributed by atoms with van der Waals surface area (Å²) in [6, 6.07) is 5.63. The monoisotopic (exact) mass is 322 g/mol. The third kappa shape index (κ3) is 3.71. The molecular weight excluding hydrogens is 304 g/mol. The smallest absolute Gasteiger partial charge is 0.263 e. The zero-order chi connectivity index (χ0) is 15.2. The van der Waals surface area contributed by atoms with Crippen LogP contribution >= 0.6 is 23.1 Å². The van der Waals surface area contributed by atoms with E-state index >= 15 is 0 Å². The molecule has 4 nitrogen and oxygen atoms in total. The van der Waals surface area contributed by atoms with Gasteiger partial charge in [0.15, 0.2) is 0 Å².